The van der Waals surface area contributed by atoms with Crippen LogP contribution in [0.4, 0.5) is 0 Å². The first-order chi connectivity index (χ1) is 29.0. The van der Waals surface area contributed by atoms with E-state index < -0.39 is 6.10 Å². The second-order valence-electron chi connectivity index (χ2n) is 17.4. The highest BCUT2D eigenvalue weighted by atomic mass is 16.6. The zero-order valence-corrected chi connectivity index (χ0v) is 39.5. The summed E-state index contributed by atoms with van der Waals surface area (Å²) in [6, 6.07) is 0. The number of allylic oxidation sites excluding steroid dienone is 4. The van der Waals surface area contributed by atoms with Crippen LogP contribution in [0.2, 0.25) is 0 Å². The highest BCUT2D eigenvalue weighted by Crippen LogP contribution is 2.15. The first-order valence-corrected chi connectivity index (χ1v) is 25.8. The van der Waals surface area contributed by atoms with E-state index in [1.807, 2.05) is 0 Å². The van der Waals surface area contributed by atoms with Gasteiger partial charge in [0.1, 0.15) is 13.2 Å². The molecule has 6 heteroatoms. The standard InChI is InChI=1S/C53H98O6/c1-4-7-10-13-15-17-19-21-23-24-25-26-27-28-30-31-33-35-37-40-43-46-52(55)58-49-50(48-57-51(54)45-42-39-12-9-6-3)59-53(56)47-44-41-38-36-34-32-29-22-20-18-16-14-11-8-5-2/h22,24-25,29,50H,4-21,23,26-28,30-49H2,1-3H3/b25-24-,29-22-. The minimum absolute atomic E-state index is 0.0736. The second-order valence-corrected chi connectivity index (χ2v) is 17.4. The van der Waals surface area contributed by atoms with Crippen LogP contribution in [-0.4, -0.2) is 37.2 Å². The number of esters is 3. The SMILES string of the molecule is CCCCCCCC/C=C\CCCCCCCC(=O)OC(COC(=O)CCCCCCC)COC(=O)CCCCCCCCCCC/C=C\CCCCCCCCCC. The van der Waals surface area contributed by atoms with Gasteiger partial charge in [-0.25, -0.2) is 0 Å². The Morgan fingerprint density at radius 2 is 0.559 bits per heavy atom. The molecule has 0 saturated heterocycles. The number of hydrogen-bond donors (Lipinski definition) is 0. The molecular weight excluding hydrogens is 733 g/mol. The van der Waals surface area contributed by atoms with Gasteiger partial charge in [-0.15, -0.1) is 0 Å². The first-order valence-electron chi connectivity index (χ1n) is 25.8. The van der Waals surface area contributed by atoms with Crippen molar-refractivity contribution < 1.29 is 28.6 Å². The monoisotopic (exact) mass is 831 g/mol. The fourth-order valence-electron chi connectivity index (χ4n) is 7.49. The molecule has 0 N–H and O–H groups in total. The molecule has 0 fully saturated rings. The van der Waals surface area contributed by atoms with Gasteiger partial charge in [0.05, 0.1) is 0 Å². The summed E-state index contributed by atoms with van der Waals surface area (Å²) in [6.45, 7) is 6.56. The van der Waals surface area contributed by atoms with Crippen LogP contribution in [0.3, 0.4) is 0 Å². The van der Waals surface area contributed by atoms with E-state index in [1.165, 1.54) is 167 Å². The summed E-state index contributed by atoms with van der Waals surface area (Å²) in [4.78, 5) is 37.6. The summed E-state index contributed by atoms with van der Waals surface area (Å²) in [5.41, 5.74) is 0. The summed E-state index contributed by atoms with van der Waals surface area (Å²) in [6.07, 6.45) is 54.9. The van der Waals surface area contributed by atoms with E-state index in [2.05, 4.69) is 45.1 Å². The third-order valence-corrected chi connectivity index (χ3v) is 11.4. The minimum atomic E-state index is -0.769. The van der Waals surface area contributed by atoms with Crippen molar-refractivity contribution in [3.8, 4) is 0 Å². The van der Waals surface area contributed by atoms with Crippen molar-refractivity contribution >= 4 is 17.9 Å². The first kappa shape index (κ1) is 56.9. The molecule has 0 bridgehead atoms. The topological polar surface area (TPSA) is 78.9 Å². The van der Waals surface area contributed by atoms with Crippen molar-refractivity contribution in [3.05, 3.63) is 24.3 Å². The van der Waals surface area contributed by atoms with Gasteiger partial charge in [-0.05, 0) is 70.6 Å². The predicted molar refractivity (Wildman–Crippen MR) is 252 cm³/mol. The average molecular weight is 831 g/mol. The van der Waals surface area contributed by atoms with E-state index in [9.17, 15) is 14.4 Å². The normalized spacial score (nSPS) is 12.1. The molecule has 0 aliphatic carbocycles. The predicted octanol–water partition coefficient (Wildman–Crippen LogP) is 16.8. The Balaban J connectivity index is 4.12. The van der Waals surface area contributed by atoms with Crippen LogP contribution in [-0.2, 0) is 28.6 Å². The number of rotatable bonds is 47. The molecule has 0 radical (unpaired) electrons. The molecule has 59 heavy (non-hydrogen) atoms. The van der Waals surface area contributed by atoms with E-state index >= 15 is 0 Å². The molecule has 0 aliphatic heterocycles. The molecular formula is C53H98O6. The van der Waals surface area contributed by atoms with Gasteiger partial charge in [0.25, 0.3) is 0 Å². The lowest BCUT2D eigenvalue weighted by molar-refractivity contribution is -0.167. The zero-order valence-electron chi connectivity index (χ0n) is 39.5. The molecule has 1 unspecified atom stereocenters. The van der Waals surface area contributed by atoms with Gasteiger partial charge in [-0.3, -0.25) is 14.4 Å². The Morgan fingerprint density at radius 3 is 0.847 bits per heavy atom. The molecule has 0 rings (SSSR count). The third kappa shape index (κ3) is 46.8. The molecule has 0 amide bonds. The Kier molecular flexibility index (Phi) is 46.8. The van der Waals surface area contributed by atoms with Crippen molar-refractivity contribution in [3.63, 3.8) is 0 Å². The summed E-state index contributed by atoms with van der Waals surface area (Å²) >= 11 is 0. The molecule has 0 heterocycles. The van der Waals surface area contributed by atoms with Crippen LogP contribution >= 0.6 is 0 Å². The Hall–Kier alpha value is -2.11. The summed E-state index contributed by atoms with van der Waals surface area (Å²) in [7, 11) is 0. The van der Waals surface area contributed by atoms with Crippen molar-refractivity contribution in [1.82, 2.24) is 0 Å². The van der Waals surface area contributed by atoms with E-state index in [-0.39, 0.29) is 31.1 Å². The smallest absolute Gasteiger partial charge is 0.306 e. The van der Waals surface area contributed by atoms with Crippen molar-refractivity contribution in [2.45, 2.75) is 284 Å². The van der Waals surface area contributed by atoms with Gasteiger partial charge in [-0.2, -0.15) is 0 Å². The van der Waals surface area contributed by atoms with Gasteiger partial charge in [0.2, 0.25) is 0 Å². The molecule has 0 aromatic rings. The van der Waals surface area contributed by atoms with E-state index in [0.29, 0.717) is 19.3 Å². The largest absolute Gasteiger partial charge is 0.462 e. The van der Waals surface area contributed by atoms with E-state index in [4.69, 9.17) is 14.2 Å². The maximum atomic E-state index is 12.7. The number of hydrogen-bond acceptors (Lipinski definition) is 6. The van der Waals surface area contributed by atoms with Gasteiger partial charge in [0, 0.05) is 19.3 Å². The van der Waals surface area contributed by atoms with Crippen molar-refractivity contribution in [2.24, 2.45) is 0 Å². The molecule has 1 atom stereocenters. The van der Waals surface area contributed by atoms with Gasteiger partial charge in [0.15, 0.2) is 6.10 Å². The van der Waals surface area contributed by atoms with Gasteiger partial charge < -0.3 is 14.2 Å². The molecule has 0 aromatic heterocycles. The van der Waals surface area contributed by atoms with Crippen LogP contribution in [0.1, 0.15) is 278 Å². The Labute approximate surface area is 366 Å². The lowest BCUT2D eigenvalue weighted by Crippen LogP contribution is -2.30. The third-order valence-electron chi connectivity index (χ3n) is 11.4. The maximum absolute atomic E-state index is 12.7. The lowest BCUT2D eigenvalue weighted by atomic mass is 10.1. The lowest BCUT2D eigenvalue weighted by Gasteiger charge is -2.18. The summed E-state index contributed by atoms with van der Waals surface area (Å²) < 4.78 is 16.7. The molecule has 0 saturated carbocycles. The van der Waals surface area contributed by atoms with Crippen LogP contribution in [0.15, 0.2) is 24.3 Å². The molecule has 0 spiro atoms. The minimum Gasteiger partial charge on any atom is -0.462 e. The summed E-state index contributed by atoms with van der Waals surface area (Å²) in [5, 5.41) is 0. The fraction of sp³-hybridized carbons (Fsp3) is 0.868. The van der Waals surface area contributed by atoms with Crippen molar-refractivity contribution in [1.29, 1.82) is 0 Å². The maximum Gasteiger partial charge on any atom is 0.306 e. The van der Waals surface area contributed by atoms with Crippen LogP contribution in [0.25, 0.3) is 0 Å². The highest BCUT2D eigenvalue weighted by molar-refractivity contribution is 5.71. The highest BCUT2D eigenvalue weighted by Gasteiger charge is 2.19. The second kappa shape index (κ2) is 48.6. The number of unbranched alkanes of at least 4 members (excludes halogenated alkanes) is 32. The van der Waals surface area contributed by atoms with Crippen LogP contribution in [0.5, 0.6) is 0 Å². The van der Waals surface area contributed by atoms with Gasteiger partial charge >= 0.3 is 17.9 Å². The summed E-state index contributed by atoms with van der Waals surface area (Å²) in [5.74, 6) is -0.888. The number of carbonyl (C=O) groups is 3. The zero-order chi connectivity index (χ0) is 43.0. The molecule has 6 nitrogen and oxygen atoms in total. The quantitative estimate of drug-likeness (QED) is 0.0263. The average Bonchev–Trinajstić information content (AvgIpc) is 3.23. The molecule has 0 aromatic carbocycles. The molecule has 346 valence electrons. The van der Waals surface area contributed by atoms with Crippen LogP contribution < -0.4 is 0 Å². The number of ether oxygens (including phenoxy) is 3. The molecule has 0 aliphatic rings. The fourth-order valence-corrected chi connectivity index (χ4v) is 7.49. The number of carbonyl (C=O) groups excluding carboxylic acids is 3. The van der Waals surface area contributed by atoms with Crippen molar-refractivity contribution in [2.75, 3.05) is 13.2 Å². The Bertz CT molecular complexity index is 958. The van der Waals surface area contributed by atoms with Crippen LogP contribution in [0, 0.1) is 0 Å². The Morgan fingerprint density at radius 1 is 0.322 bits per heavy atom. The van der Waals surface area contributed by atoms with E-state index in [0.717, 1.165) is 70.6 Å². The van der Waals surface area contributed by atoms with Gasteiger partial charge in [-0.1, -0.05) is 212 Å². The van der Waals surface area contributed by atoms with E-state index in [1.54, 1.807) is 0 Å².